The molecule has 3 rings (SSSR count). The number of amides is 1. The van der Waals surface area contributed by atoms with Crippen molar-refractivity contribution in [2.75, 3.05) is 13.1 Å². The molecule has 1 aromatic carbocycles. The lowest BCUT2D eigenvalue weighted by Crippen LogP contribution is -2.48. The number of aliphatic carboxylic acids is 1. The highest BCUT2D eigenvalue weighted by Crippen LogP contribution is 2.31. The van der Waals surface area contributed by atoms with Gasteiger partial charge in [-0.3, -0.25) is 9.59 Å². The number of piperidine rings is 1. The highest BCUT2D eigenvalue weighted by atomic mass is 16.4. The number of rotatable bonds is 2. The van der Waals surface area contributed by atoms with Crippen molar-refractivity contribution in [2.45, 2.75) is 39.0 Å². The molecule has 0 aromatic heterocycles. The molecule has 1 aromatic rings. The highest BCUT2D eigenvalue weighted by molar-refractivity contribution is 5.95. The Hall–Kier alpha value is -1.84. The SMILES string of the molecule is CC1(C(=O)O)CCCN(C(=O)c2ccc3c(c2)CCC3)C1. The fourth-order valence-corrected chi connectivity index (χ4v) is 3.47. The summed E-state index contributed by atoms with van der Waals surface area (Å²) in [5.41, 5.74) is 2.51. The molecule has 0 saturated carbocycles. The second kappa shape index (κ2) is 5.17. The third-order valence-corrected chi connectivity index (χ3v) is 4.85. The van der Waals surface area contributed by atoms with E-state index in [2.05, 4.69) is 6.07 Å². The van der Waals surface area contributed by atoms with Gasteiger partial charge in [0.05, 0.1) is 5.41 Å². The quantitative estimate of drug-likeness (QED) is 0.909. The van der Waals surface area contributed by atoms with E-state index in [0.717, 1.165) is 25.7 Å². The Labute approximate surface area is 124 Å². The van der Waals surface area contributed by atoms with Crippen LogP contribution in [0.15, 0.2) is 18.2 Å². The molecule has 112 valence electrons. The van der Waals surface area contributed by atoms with Crippen molar-refractivity contribution < 1.29 is 14.7 Å². The third kappa shape index (κ3) is 2.55. The molecule has 1 aliphatic carbocycles. The van der Waals surface area contributed by atoms with Crippen molar-refractivity contribution in [3.8, 4) is 0 Å². The van der Waals surface area contributed by atoms with Gasteiger partial charge in [-0.2, -0.15) is 0 Å². The van der Waals surface area contributed by atoms with Crippen LogP contribution in [0.2, 0.25) is 0 Å². The Morgan fingerprint density at radius 2 is 1.95 bits per heavy atom. The van der Waals surface area contributed by atoms with Crippen LogP contribution in [0.3, 0.4) is 0 Å². The number of carbonyl (C=O) groups excluding carboxylic acids is 1. The summed E-state index contributed by atoms with van der Waals surface area (Å²) in [4.78, 5) is 25.7. The molecular formula is C17H21NO3. The van der Waals surface area contributed by atoms with Gasteiger partial charge in [-0.15, -0.1) is 0 Å². The maximum Gasteiger partial charge on any atom is 0.311 e. The van der Waals surface area contributed by atoms with Gasteiger partial charge in [0.25, 0.3) is 5.91 Å². The molecule has 4 heteroatoms. The van der Waals surface area contributed by atoms with Crippen LogP contribution in [0.5, 0.6) is 0 Å². The van der Waals surface area contributed by atoms with E-state index < -0.39 is 11.4 Å². The van der Waals surface area contributed by atoms with Gasteiger partial charge in [0.1, 0.15) is 0 Å². The normalized spacial score (nSPS) is 24.7. The van der Waals surface area contributed by atoms with Crippen molar-refractivity contribution in [1.82, 2.24) is 4.90 Å². The number of aryl methyl sites for hydroxylation is 2. The number of likely N-dealkylation sites (tertiary alicyclic amines) is 1. The number of carbonyl (C=O) groups is 2. The first-order valence-electron chi connectivity index (χ1n) is 7.64. The molecule has 0 radical (unpaired) electrons. The number of carboxylic acid groups (broad SMARTS) is 1. The van der Waals surface area contributed by atoms with Crippen molar-refractivity contribution in [3.05, 3.63) is 34.9 Å². The van der Waals surface area contributed by atoms with Crippen LogP contribution in [0.25, 0.3) is 0 Å². The zero-order valence-corrected chi connectivity index (χ0v) is 12.4. The molecule has 1 saturated heterocycles. The average molecular weight is 287 g/mol. The Morgan fingerprint density at radius 3 is 2.71 bits per heavy atom. The van der Waals surface area contributed by atoms with Gasteiger partial charge in [-0.25, -0.2) is 0 Å². The second-order valence-corrected chi connectivity index (χ2v) is 6.53. The zero-order chi connectivity index (χ0) is 15.0. The number of carboxylic acids is 1. The Balaban J connectivity index is 1.80. The van der Waals surface area contributed by atoms with E-state index in [1.165, 1.54) is 11.1 Å². The zero-order valence-electron chi connectivity index (χ0n) is 12.4. The van der Waals surface area contributed by atoms with Crippen LogP contribution in [-0.2, 0) is 17.6 Å². The lowest BCUT2D eigenvalue weighted by atomic mass is 9.82. The van der Waals surface area contributed by atoms with Gasteiger partial charge in [0, 0.05) is 18.7 Å². The van der Waals surface area contributed by atoms with E-state index >= 15 is 0 Å². The molecule has 0 spiro atoms. The summed E-state index contributed by atoms with van der Waals surface area (Å²) in [6, 6.07) is 5.94. The van der Waals surface area contributed by atoms with Crippen molar-refractivity contribution in [2.24, 2.45) is 5.41 Å². The molecule has 1 heterocycles. The Morgan fingerprint density at radius 1 is 1.19 bits per heavy atom. The van der Waals surface area contributed by atoms with Crippen LogP contribution in [0.1, 0.15) is 47.7 Å². The maximum absolute atomic E-state index is 12.6. The van der Waals surface area contributed by atoms with E-state index in [9.17, 15) is 14.7 Å². The minimum atomic E-state index is -0.815. The van der Waals surface area contributed by atoms with Gasteiger partial charge in [0.15, 0.2) is 0 Å². The first kappa shape index (κ1) is 14.1. The molecule has 1 amide bonds. The molecule has 1 atom stereocenters. The molecule has 1 fully saturated rings. The van der Waals surface area contributed by atoms with E-state index in [-0.39, 0.29) is 5.91 Å². The van der Waals surface area contributed by atoms with Crippen molar-refractivity contribution >= 4 is 11.9 Å². The summed E-state index contributed by atoms with van der Waals surface area (Å²) in [7, 11) is 0. The van der Waals surface area contributed by atoms with Crippen LogP contribution >= 0.6 is 0 Å². The predicted molar refractivity (Wildman–Crippen MR) is 79.3 cm³/mol. The number of benzene rings is 1. The molecule has 1 aliphatic heterocycles. The van der Waals surface area contributed by atoms with Gasteiger partial charge < -0.3 is 10.0 Å². The van der Waals surface area contributed by atoms with E-state index in [4.69, 9.17) is 0 Å². The summed E-state index contributed by atoms with van der Waals surface area (Å²) >= 11 is 0. The van der Waals surface area contributed by atoms with Gasteiger partial charge in [-0.05, 0) is 62.3 Å². The van der Waals surface area contributed by atoms with Crippen molar-refractivity contribution in [3.63, 3.8) is 0 Å². The van der Waals surface area contributed by atoms with E-state index in [0.29, 0.717) is 25.1 Å². The number of fused-ring (bicyclic) bond motifs is 1. The Kier molecular flexibility index (Phi) is 3.47. The minimum Gasteiger partial charge on any atom is -0.481 e. The van der Waals surface area contributed by atoms with Crippen LogP contribution < -0.4 is 0 Å². The topological polar surface area (TPSA) is 57.6 Å². The highest BCUT2D eigenvalue weighted by Gasteiger charge is 2.39. The van der Waals surface area contributed by atoms with Crippen LogP contribution in [0.4, 0.5) is 0 Å². The fraction of sp³-hybridized carbons (Fsp3) is 0.529. The number of hydrogen-bond acceptors (Lipinski definition) is 2. The molecule has 4 nitrogen and oxygen atoms in total. The Bertz CT molecular complexity index is 596. The largest absolute Gasteiger partial charge is 0.481 e. The number of nitrogens with zero attached hydrogens (tertiary/aromatic N) is 1. The van der Waals surface area contributed by atoms with Crippen molar-refractivity contribution in [1.29, 1.82) is 0 Å². The van der Waals surface area contributed by atoms with Crippen LogP contribution in [-0.4, -0.2) is 35.0 Å². The van der Waals surface area contributed by atoms with Crippen LogP contribution in [0, 0.1) is 5.41 Å². The molecule has 0 bridgehead atoms. The van der Waals surface area contributed by atoms with Gasteiger partial charge in [-0.1, -0.05) is 6.07 Å². The van der Waals surface area contributed by atoms with Gasteiger partial charge in [0.2, 0.25) is 0 Å². The summed E-state index contributed by atoms with van der Waals surface area (Å²) < 4.78 is 0. The first-order valence-corrected chi connectivity index (χ1v) is 7.64. The monoisotopic (exact) mass is 287 g/mol. The summed E-state index contributed by atoms with van der Waals surface area (Å²) in [6.07, 6.45) is 4.69. The van der Waals surface area contributed by atoms with E-state index in [1.54, 1.807) is 11.8 Å². The molecular weight excluding hydrogens is 266 g/mol. The van der Waals surface area contributed by atoms with E-state index in [1.807, 2.05) is 12.1 Å². The smallest absolute Gasteiger partial charge is 0.311 e. The summed E-state index contributed by atoms with van der Waals surface area (Å²) in [6.45, 7) is 2.69. The number of hydrogen-bond donors (Lipinski definition) is 1. The minimum absolute atomic E-state index is 0.0307. The molecule has 1 unspecified atom stereocenters. The first-order chi connectivity index (χ1) is 9.99. The standard InChI is InChI=1S/C17H21NO3/c1-17(16(20)21)8-3-9-18(11-17)15(19)14-7-6-12-4-2-5-13(12)10-14/h6-7,10H,2-5,8-9,11H2,1H3,(H,20,21). The third-order valence-electron chi connectivity index (χ3n) is 4.85. The predicted octanol–water partition coefficient (Wildman–Crippen LogP) is 2.50. The second-order valence-electron chi connectivity index (χ2n) is 6.53. The summed E-state index contributed by atoms with van der Waals surface area (Å²) in [5.74, 6) is -0.842. The fourth-order valence-electron chi connectivity index (χ4n) is 3.47. The molecule has 2 aliphatic rings. The molecule has 21 heavy (non-hydrogen) atoms. The van der Waals surface area contributed by atoms with Gasteiger partial charge >= 0.3 is 5.97 Å². The summed E-state index contributed by atoms with van der Waals surface area (Å²) in [5, 5.41) is 9.36. The molecule has 1 N–H and O–H groups in total. The average Bonchev–Trinajstić information content (AvgIpc) is 2.93. The lowest BCUT2D eigenvalue weighted by Gasteiger charge is -2.37. The maximum atomic E-state index is 12.6. The lowest BCUT2D eigenvalue weighted by molar-refractivity contribution is -0.150.